The molecule has 1 heterocycles. The van der Waals surface area contributed by atoms with E-state index in [0.29, 0.717) is 12.3 Å². The van der Waals surface area contributed by atoms with Crippen LogP contribution in [0.2, 0.25) is 0 Å². The molecule has 1 fully saturated rings. The van der Waals surface area contributed by atoms with Crippen LogP contribution in [0.15, 0.2) is 46.7 Å². The summed E-state index contributed by atoms with van der Waals surface area (Å²) in [5.74, 6) is 0.747. The second kappa shape index (κ2) is 4.96. The first-order chi connectivity index (χ1) is 6.69. The third-order valence-electron chi connectivity index (χ3n) is 2.12. The van der Waals surface area contributed by atoms with Gasteiger partial charge in [-0.25, -0.2) is 0 Å². The molecule has 3 heteroatoms. The van der Waals surface area contributed by atoms with Crippen molar-refractivity contribution in [3.8, 4) is 0 Å². The number of rotatable bonds is 2. The minimum absolute atomic E-state index is 0.656. The quantitative estimate of drug-likeness (QED) is 0.541. The molecule has 0 unspecified atom stereocenters. The number of hydrogen-bond acceptors (Lipinski definition) is 3. The molecule has 0 spiro atoms. The lowest BCUT2D eigenvalue weighted by atomic mass is 10.1. The highest BCUT2D eigenvalue weighted by Gasteiger charge is 2.12. The number of allylic oxidation sites excluding steroid dienone is 3. The van der Waals surface area contributed by atoms with Crippen LogP contribution in [-0.4, -0.2) is 6.61 Å². The van der Waals surface area contributed by atoms with Gasteiger partial charge in [0.25, 0.3) is 0 Å². The fourth-order valence-corrected chi connectivity index (χ4v) is 1.41. The van der Waals surface area contributed by atoms with Crippen LogP contribution in [0.3, 0.4) is 0 Å². The summed E-state index contributed by atoms with van der Waals surface area (Å²) in [4.78, 5) is 0. The molecule has 2 N–H and O–H groups in total. The van der Waals surface area contributed by atoms with Crippen LogP contribution in [0, 0.1) is 0 Å². The molecule has 1 aliphatic heterocycles. The fraction of sp³-hybridized carbons (Fsp3) is 0.273. The number of ether oxygens (including phenoxy) is 1. The molecule has 1 aliphatic rings. The van der Waals surface area contributed by atoms with E-state index >= 15 is 0 Å². The summed E-state index contributed by atoms with van der Waals surface area (Å²) < 4.78 is 5.25. The normalized spacial score (nSPS) is 21.6. The second-order valence-corrected chi connectivity index (χ2v) is 3.28. The standard InChI is InChI=1S/C11H15NOS/c1-3-9(11(12)7-14)6-10-4-5-13-8(10)2/h3,6-7,14H,2,4-5,12H2,1H3/b9-3+,10-6-,11-7-. The molecule has 14 heavy (non-hydrogen) atoms. The van der Waals surface area contributed by atoms with Gasteiger partial charge in [0.05, 0.1) is 6.61 Å². The SMILES string of the molecule is C=C1OCC/C1=C/C(=C\C)C(/N)=C/S. The fourth-order valence-electron chi connectivity index (χ4n) is 1.26. The molecule has 1 rings (SSSR count). The maximum absolute atomic E-state index is 5.75. The highest BCUT2D eigenvalue weighted by Crippen LogP contribution is 2.24. The number of nitrogens with two attached hydrogens (primary N) is 1. The minimum Gasteiger partial charge on any atom is -0.494 e. The molecular weight excluding hydrogens is 194 g/mol. The van der Waals surface area contributed by atoms with Crippen LogP contribution in [0.5, 0.6) is 0 Å². The molecule has 76 valence electrons. The third-order valence-corrected chi connectivity index (χ3v) is 2.40. The summed E-state index contributed by atoms with van der Waals surface area (Å²) in [6.45, 7) is 6.47. The van der Waals surface area contributed by atoms with E-state index in [4.69, 9.17) is 10.5 Å². The molecule has 0 aromatic heterocycles. The van der Waals surface area contributed by atoms with Gasteiger partial charge in [-0.05, 0) is 29.6 Å². The van der Waals surface area contributed by atoms with Gasteiger partial charge >= 0.3 is 0 Å². The van der Waals surface area contributed by atoms with Gasteiger partial charge in [-0.3, -0.25) is 0 Å². The van der Waals surface area contributed by atoms with Crippen molar-refractivity contribution in [3.05, 3.63) is 46.7 Å². The van der Waals surface area contributed by atoms with Crippen molar-refractivity contribution in [2.45, 2.75) is 13.3 Å². The average molecular weight is 209 g/mol. The highest BCUT2D eigenvalue weighted by atomic mass is 32.1. The van der Waals surface area contributed by atoms with Gasteiger partial charge in [-0.15, -0.1) is 12.6 Å². The van der Waals surface area contributed by atoms with Gasteiger partial charge in [0, 0.05) is 12.1 Å². The molecule has 0 aromatic rings. The Kier molecular flexibility index (Phi) is 3.89. The number of thiol groups is 1. The third kappa shape index (κ3) is 2.45. The van der Waals surface area contributed by atoms with Crippen LogP contribution in [0.4, 0.5) is 0 Å². The zero-order valence-corrected chi connectivity index (χ0v) is 9.18. The summed E-state index contributed by atoms with van der Waals surface area (Å²) in [5, 5.41) is 1.59. The topological polar surface area (TPSA) is 35.2 Å². The summed E-state index contributed by atoms with van der Waals surface area (Å²) in [7, 11) is 0. The van der Waals surface area contributed by atoms with E-state index in [1.807, 2.05) is 19.1 Å². The smallest absolute Gasteiger partial charge is 0.115 e. The van der Waals surface area contributed by atoms with E-state index in [2.05, 4.69) is 19.2 Å². The Morgan fingerprint density at radius 2 is 2.36 bits per heavy atom. The molecule has 0 aliphatic carbocycles. The molecule has 0 radical (unpaired) electrons. The summed E-state index contributed by atoms with van der Waals surface area (Å²) in [6, 6.07) is 0. The Bertz CT molecular complexity index is 326. The van der Waals surface area contributed by atoms with Gasteiger partial charge in [0.1, 0.15) is 5.76 Å². The van der Waals surface area contributed by atoms with Crippen molar-refractivity contribution in [3.63, 3.8) is 0 Å². The Balaban J connectivity index is 2.89. The van der Waals surface area contributed by atoms with Crippen molar-refractivity contribution in [2.24, 2.45) is 5.73 Å². The van der Waals surface area contributed by atoms with Gasteiger partial charge in [-0.1, -0.05) is 12.7 Å². The Morgan fingerprint density at radius 1 is 1.64 bits per heavy atom. The maximum atomic E-state index is 5.75. The van der Waals surface area contributed by atoms with Gasteiger partial charge < -0.3 is 10.5 Å². The zero-order valence-electron chi connectivity index (χ0n) is 8.29. The van der Waals surface area contributed by atoms with Crippen molar-refractivity contribution in [1.29, 1.82) is 0 Å². The van der Waals surface area contributed by atoms with Crippen molar-refractivity contribution in [1.82, 2.24) is 0 Å². The first-order valence-corrected chi connectivity index (χ1v) is 5.00. The average Bonchev–Trinajstić information content (AvgIpc) is 2.59. The van der Waals surface area contributed by atoms with Crippen molar-refractivity contribution < 1.29 is 4.74 Å². The van der Waals surface area contributed by atoms with E-state index in [-0.39, 0.29) is 0 Å². The summed E-state index contributed by atoms with van der Waals surface area (Å²) >= 11 is 4.02. The molecule has 2 nitrogen and oxygen atoms in total. The summed E-state index contributed by atoms with van der Waals surface area (Å²) in [5.41, 5.74) is 8.48. The van der Waals surface area contributed by atoms with Crippen molar-refractivity contribution >= 4 is 12.6 Å². The zero-order chi connectivity index (χ0) is 10.6. The van der Waals surface area contributed by atoms with Crippen LogP contribution < -0.4 is 5.73 Å². The second-order valence-electron chi connectivity index (χ2n) is 3.02. The van der Waals surface area contributed by atoms with E-state index in [9.17, 15) is 0 Å². The van der Waals surface area contributed by atoms with Crippen LogP contribution in [0.1, 0.15) is 13.3 Å². The lowest BCUT2D eigenvalue weighted by Crippen LogP contribution is -1.98. The van der Waals surface area contributed by atoms with Gasteiger partial charge in [0.15, 0.2) is 0 Å². The lowest BCUT2D eigenvalue weighted by molar-refractivity contribution is 0.267. The van der Waals surface area contributed by atoms with Crippen LogP contribution >= 0.6 is 12.6 Å². The Hall–Kier alpha value is -1.09. The molecular formula is C11H15NOS. The first kappa shape index (κ1) is 11.0. The van der Waals surface area contributed by atoms with E-state index in [0.717, 1.165) is 23.3 Å². The molecule has 1 saturated heterocycles. The monoisotopic (exact) mass is 209 g/mol. The Morgan fingerprint density at radius 3 is 2.79 bits per heavy atom. The van der Waals surface area contributed by atoms with E-state index in [1.54, 1.807) is 5.41 Å². The molecule has 0 amide bonds. The van der Waals surface area contributed by atoms with Gasteiger partial charge in [-0.2, -0.15) is 0 Å². The van der Waals surface area contributed by atoms with E-state index in [1.165, 1.54) is 0 Å². The predicted octanol–water partition coefficient (Wildman–Crippen LogP) is 2.52. The van der Waals surface area contributed by atoms with Crippen LogP contribution in [0.25, 0.3) is 0 Å². The summed E-state index contributed by atoms with van der Waals surface area (Å²) in [6.07, 6.45) is 4.84. The highest BCUT2D eigenvalue weighted by molar-refractivity contribution is 7.83. The first-order valence-electron chi connectivity index (χ1n) is 4.48. The van der Waals surface area contributed by atoms with E-state index < -0.39 is 0 Å². The minimum atomic E-state index is 0.656. The van der Waals surface area contributed by atoms with Crippen molar-refractivity contribution in [2.75, 3.05) is 6.61 Å². The number of hydrogen-bond donors (Lipinski definition) is 2. The molecule has 0 atom stereocenters. The molecule has 0 saturated carbocycles. The lowest BCUT2D eigenvalue weighted by Gasteiger charge is -2.02. The van der Waals surface area contributed by atoms with Crippen LogP contribution in [-0.2, 0) is 4.74 Å². The molecule has 0 aromatic carbocycles. The van der Waals surface area contributed by atoms with Gasteiger partial charge in [0.2, 0.25) is 0 Å². The maximum Gasteiger partial charge on any atom is 0.115 e. The predicted molar refractivity (Wildman–Crippen MR) is 62.8 cm³/mol. The Labute approximate surface area is 90.2 Å². The molecule has 0 bridgehead atoms. The largest absolute Gasteiger partial charge is 0.494 e.